The summed E-state index contributed by atoms with van der Waals surface area (Å²) in [5.74, 6) is 1.43. The highest BCUT2D eigenvalue weighted by molar-refractivity contribution is 5.78. The van der Waals surface area contributed by atoms with Crippen LogP contribution in [0.2, 0.25) is 0 Å². The monoisotopic (exact) mass is 429 g/mol. The second kappa shape index (κ2) is 7.74. The molecular weight excluding hydrogens is 402 g/mol. The van der Waals surface area contributed by atoms with Crippen molar-refractivity contribution in [1.29, 1.82) is 0 Å². The van der Waals surface area contributed by atoms with E-state index >= 15 is 0 Å². The first-order valence-electron chi connectivity index (χ1n) is 11.5. The molecule has 1 aromatic carbocycles. The fraction of sp³-hybridized carbons (Fsp3) is 0.400. The number of oxazole rings is 1. The van der Waals surface area contributed by atoms with E-state index in [0.29, 0.717) is 12.3 Å². The van der Waals surface area contributed by atoms with Gasteiger partial charge in [-0.1, -0.05) is 6.92 Å². The van der Waals surface area contributed by atoms with Gasteiger partial charge in [0, 0.05) is 56.1 Å². The van der Waals surface area contributed by atoms with Crippen LogP contribution in [-0.4, -0.2) is 46.0 Å². The van der Waals surface area contributed by atoms with E-state index in [0.717, 1.165) is 71.9 Å². The highest BCUT2D eigenvalue weighted by Gasteiger charge is 2.29. The Morgan fingerprint density at radius 2 is 1.94 bits per heavy atom. The maximum absolute atomic E-state index is 12.1. The van der Waals surface area contributed by atoms with Gasteiger partial charge in [0.25, 0.3) is 5.56 Å². The molecule has 2 aliphatic rings. The van der Waals surface area contributed by atoms with Crippen molar-refractivity contribution >= 4 is 27.8 Å². The number of nitrogens with one attached hydrogen (secondary N) is 1. The lowest BCUT2D eigenvalue weighted by Gasteiger charge is -2.36. The fourth-order valence-electron chi connectivity index (χ4n) is 4.57. The summed E-state index contributed by atoms with van der Waals surface area (Å²) in [7, 11) is 0. The lowest BCUT2D eigenvalue weighted by molar-refractivity contribution is 0.250. The number of fused-ring (bicyclic) bond motifs is 2. The fourth-order valence-corrected chi connectivity index (χ4v) is 4.57. The minimum absolute atomic E-state index is 0.0131. The van der Waals surface area contributed by atoms with E-state index in [4.69, 9.17) is 9.40 Å². The summed E-state index contributed by atoms with van der Waals surface area (Å²) in [5, 5.41) is 0. The molecule has 1 saturated heterocycles. The third kappa shape index (κ3) is 3.66. The number of aryl methyl sites for hydroxylation is 1. The van der Waals surface area contributed by atoms with Crippen molar-refractivity contribution in [3.8, 4) is 0 Å². The van der Waals surface area contributed by atoms with E-state index < -0.39 is 0 Å². The molecule has 3 aromatic heterocycles. The Balaban J connectivity index is 1.13. The van der Waals surface area contributed by atoms with E-state index in [-0.39, 0.29) is 5.56 Å². The summed E-state index contributed by atoms with van der Waals surface area (Å²) in [6.45, 7) is 6.72. The van der Waals surface area contributed by atoms with Gasteiger partial charge in [-0.2, -0.15) is 0 Å². The lowest BCUT2D eigenvalue weighted by atomic mass is 10.1. The van der Waals surface area contributed by atoms with Gasteiger partial charge in [-0.15, -0.1) is 0 Å². The number of nitrogens with zero attached hydrogens (tertiary/aromatic N) is 4. The summed E-state index contributed by atoms with van der Waals surface area (Å²) in [4.78, 5) is 29.3. The molecule has 1 aliphatic heterocycles. The second-order valence-corrected chi connectivity index (χ2v) is 9.00. The largest absolute Gasteiger partial charge is 0.440 e. The Labute approximate surface area is 186 Å². The SMILES string of the molecule is CCc1cc2ncc(CN3CCN(c4ccc5oc(C6CC6)nc5c4)CC3)cc2[nH]c1=O. The minimum atomic E-state index is -0.0131. The molecule has 0 unspecified atom stereocenters. The van der Waals surface area contributed by atoms with Crippen LogP contribution < -0.4 is 10.5 Å². The molecule has 4 aromatic rings. The van der Waals surface area contributed by atoms with Gasteiger partial charge < -0.3 is 14.3 Å². The average molecular weight is 430 g/mol. The number of pyridine rings is 2. The normalized spacial score (nSPS) is 17.5. The van der Waals surface area contributed by atoms with Crippen LogP contribution in [0.5, 0.6) is 0 Å². The molecule has 1 aliphatic carbocycles. The predicted octanol–water partition coefficient (Wildman–Crippen LogP) is 3.83. The topological polar surface area (TPSA) is 78.3 Å². The molecular formula is C25H27N5O2. The van der Waals surface area contributed by atoms with Crippen molar-refractivity contribution in [3.05, 3.63) is 63.9 Å². The number of rotatable bonds is 5. The summed E-state index contributed by atoms with van der Waals surface area (Å²) in [6.07, 6.45) is 5.04. The molecule has 0 amide bonds. The Morgan fingerprint density at radius 1 is 1.09 bits per heavy atom. The number of hydrogen-bond acceptors (Lipinski definition) is 6. The lowest BCUT2D eigenvalue weighted by Crippen LogP contribution is -2.45. The number of H-pyrrole nitrogens is 1. The van der Waals surface area contributed by atoms with Crippen LogP contribution in [0.25, 0.3) is 22.1 Å². The van der Waals surface area contributed by atoms with E-state index in [2.05, 4.69) is 44.0 Å². The average Bonchev–Trinajstić information content (AvgIpc) is 3.58. The first kappa shape index (κ1) is 19.5. The summed E-state index contributed by atoms with van der Waals surface area (Å²) >= 11 is 0. The van der Waals surface area contributed by atoms with E-state index in [1.807, 2.05) is 19.2 Å². The smallest absolute Gasteiger partial charge is 0.251 e. The molecule has 0 atom stereocenters. The minimum Gasteiger partial charge on any atom is -0.440 e. The Hall–Kier alpha value is -3.19. The van der Waals surface area contributed by atoms with Crippen LogP contribution in [0.3, 0.4) is 0 Å². The van der Waals surface area contributed by atoms with Gasteiger partial charge in [0.15, 0.2) is 11.5 Å². The van der Waals surface area contributed by atoms with E-state index in [9.17, 15) is 4.79 Å². The standard InChI is InChI=1S/C25H27N5O2/c1-2-17-12-20-21(27-24(17)31)11-16(14-26-20)15-29-7-9-30(10-8-29)19-5-6-23-22(13-19)28-25(32-23)18-3-4-18/h5-6,11-14,18H,2-4,7-10,15H2,1H3,(H,27,31). The highest BCUT2D eigenvalue weighted by atomic mass is 16.3. The van der Waals surface area contributed by atoms with Gasteiger partial charge in [-0.05, 0) is 55.2 Å². The molecule has 4 heterocycles. The zero-order valence-electron chi connectivity index (χ0n) is 18.3. The van der Waals surface area contributed by atoms with Crippen LogP contribution in [0.1, 0.15) is 42.7 Å². The van der Waals surface area contributed by atoms with Crippen molar-refractivity contribution in [2.24, 2.45) is 0 Å². The number of aromatic nitrogens is 3. The van der Waals surface area contributed by atoms with Crippen LogP contribution in [0, 0.1) is 0 Å². The summed E-state index contributed by atoms with van der Waals surface area (Å²) in [6, 6.07) is 10.3. The first-order valence-corrected chi connectivity index (χ1v) is 11.5. The van der Waals surface area contributed by atoms with Gasteiger partial charge in [-0.25, -0.2) is 4.98 Å². The van der Waals surface area contributed by atoms with Gasteiger partial charge in [-0.3, -0.25) is 14.7 Å². The molecule has 32 heavy (non-hydrogen) atoms. The molecule has 164 valence electrons. The van der Waals surface area contributed by atoms with Crippen LogP contribution >= 0.6 is 0 Å². The molecule has 0 radical (unpaired) electrons. The Bertz CT molecular complexity index is 1350. The third-order valence-electron chi connectivity index (χ3n) is 6.66. The predicted molar refractivity (Wildman–Crippen MR) is 125 cm³/mol. The quantitative estimate of drug-likeness (QED) is 0.520. The number of hydrogen-bond donors (Lipinski definition) is 1. The molecule has 6 rings (SSSR count). The molecule has 0 spiro atoms. The zero-order valence-corrected chi connectivity index (χ0v) is 18.3. The molecule has 7 nitrogen and oxygen atoms in total. The van der Waals surface area contributed by atoms with Gasteiger partial charge in [0.2, 0.25) is 0 Å². The van der Waals surface area contributed by atoms with Crippen molar-refractivity contribution in [1.82, 2.24) is 19.9 Å². The summed E-state index contributed by atoms with van der Waals surface area (Å²) < 4.78 is 5.90. The maximum atomic E-state index is 12.1. The zero-order chi connectivity index (χ0) is 21.7. The number of piperazine rings is 1. The molecule has 7 heteroatoms. The van der Waals surface area contributed by atoms with Crippen molar-refractivity contribution < 1.29 is 4.42 Å². The number of aromatic amines is 1. The Kier molecular flexibility index (Phi) is 4.72. The van der Waals surface area contributed by atoms with E-state index in [1.165, 1.54) is 18.5 Å². The van der Waals surface area contributed by atoms with E-state index in [1.54, 1.807) is 0 Å². The van der Waals surface area contributed by atoms with Gasteiger partial charge in [0.1, 0.15) is 5.52 Å². The number of anilines is 1. The molecule has 1 saturated carbocycles. The van der Waals surface area contributed by atoms with Crippen molar-refractivity contribution in [3.63, 3.8) is 0 Å². The van der Waals surface area contributed by atoms with Gasteiger partial charge in [0.05, 0.1) is 11.0 Å². The molecule has 0 bridgehead atoms. The van der Waals surface area contributed by atoms with Crippen LogP contribution in [0.15, 0.2) is 45.7 Å². The maximum Gasteiger partial charge on any atom is 0.251 e. The Morgan fingerprint density at radius 3 is 2.72 bits per heavy atom. The molecule has 1 N–H and O–H groups in total. The number of benzene rings is 1. The van der Waals surface area contributed by atoms with Crippen LogP contribution in [-0.2, 0) is 13.0 Å². The van der Waals surface area contributed by atoms with Crippen LogP contribution in [0.4, 0.5) is 5.69 Å². The first-order chi connectivity index (χ1) is 15.7. The third-order valence-corrected chi connectivity index (χ3v) is 6.66. The van der Waals surface area contributed by atoms with Gasteiger partial charge >= 0.3 is 0 Å². The second-order valence-electron chi connectivity index (χ2n) is 9.00. The highest BCUT2D eigenvalue weighted by Crippen LogP contribution is 2.40. The summed E-state index contributed by atoms with van der Waals surface area (Å²) in [5.41, 5.74) is 6.63. The van der Waals surface area contributed by atoms with Crippen molar-refractivity contribution in [2.75, 3.05) is 31.1 Å². The van der Waals surface area contributed by atoms with Crippen molar-refractivity contribution in [2.45, 2.75) is 38.6 Å². The molecule has 2 fully saturated rings.